The fraction of sp³-hybridized carbons (Fsp3) is 0.0435. The number of alkyl halides is 3. The molecule has 0 aromatic heterocycles. The van der Waals surface area contributed by atoms with Crippen LogP contribution in [0.25, 0.3) is 5.57 Å². The summed E-state index contributed by atoms with van der Waals surface area (Å²) in [6, 6.07) is 21.9. The van der Waals surface area contributed by atoms with Gasteiger partial charge in [-0.05, 0) is 42.0 Å². The maximum absolute atomic E-state index is 13.2. The molecule has 0 N–H and O–H groups in total. The smallest absolute Gasteiger partial charge is 0.268 e. The maximum atomic E-state index is 13.2. The van der Waals surface area contributed by atoms with Crippen molar-refractivity contribution in [3.05, 3.63) is 101 Å². The number of halogens is 3. The fourth-order valence-electron chi connectivity index (χ4n) is 3.10. The number of thioether (sulfide) groups is 1. The highest BCUT2D eigenvalue weighted by atomic mass is 32.2. The first kappa shape index (κ1) is 20.0. The quantitative estimate of drug-likeness (QED) is 0.497. The monoisotopic (exact) mass is 425 g/mol. The maximum Gasteiger partial charge on any atom is 0.416 e. The molecule has 2 amide bonds. The van der Waals surface area contributed by atoms with Crippen molar-refractivity contribution in [3.8, 4) is 0 Å². The van der Waals surface area contributed by atoms with Gasteiger partial charge in [0.2, 0.25) is 0 Å². The molecule has 150 valence electrons. The Morgan fingerprint density at radius 3 is 1.83 bits per heavy atom. The Hall–Kier alpha value is -3.32. The summed E-state index contributed by atoms with van der Waals surface area (Å²) in [5.74, 6) is -1.13. The number of amides is 2. The van der Waals surface area contributed by atoms with Crippen molar-refractivity contribution in [2.24, 2.45) is 0 Å². The van der Waals surface area contributed by atoms with E-state index in [1.807, 2.05) is 30.3 Å². The first-order chi connectivity index (χ1) is 14.4. The SMILES string of the molecule is O=C1C(Sc2ccccc2)=C(c2ccccc2)C(=O)N1c1ccc(C(F)(F)F)cc1. The number of anilines is 1. The van der Waals surface area contributed by atoms with Gasteiger partial charge in [-0.3, -0.25) is 9.59 Å². The predicted octanol–water partition coefficient (Wildman–Crippen LogP) is 5.78. The average Bonchev–Trinajstić information content (AvgIpc) is 2.98. The van der Waals surface area contributed by atoms with Gasteiger partial charge in [-0.2, -0.15) is 13.2 Å². The molecule has 0 spiro atoms. The van der Waals surface area contributed by atoms with E-state index >= 15 is 0 Å². The first-order valence-corrected chi connectivity index (χ1v) is 9.76. The predicted molar refractivity (Wildman–Crippen MR) is 110 cm³/mol. The third-order valence-electron chi connectivity index (χ3n) is 4.52. The highest BCUT2D eigenvalue weighted by molar-refractivity contribution is 8.04. The molecule has 0 unspecified atom stereocenters. The van der Waals surface area contributed by atoms with Gasteiger partial charge in [-0.25, -0.2) is 4.90 Å². The molecular weight excluding hydrogens is 411 g/mol. The van der Waals surface area contributed by atoms with Crippen molar-refractivity contribution in [2.45, 2.75) is 11.1 Å². The Kier molecular flexibility index (Phi) is 5.22. The molecule has 0 aliphatic carbocycles. The minimum Gasteiger partial charge on any atom is -0.268 e. The van der Waals surface area contributed by atoms with Crippen LogP contribution < -0.4 is 4.90 Å². The summed E-state index contributed by atoms with van der Waals surface area (Å²) >= 11 is 1.16. The van der Waals surface area contributed by atoms with Crippen molar-refractivity contribution < 1.29 is 22.8 Å². The second-order valence-electron chi connectivity index (χ2n) is 6.48. The van der Waals surface area contributed by atoms with Crippen molar-refractivity contribution in [1.29, 1.82) is 0 Å². The highest BCUT2D eigenvalue weighted by Gasteiger charge is 2.40. The van der Waals surface area contributed by atoms with E-state index in [2.05, 4.69) is 0 Å². The van der Waals surface area contributed by atoms with Crippen LogP contribution in [0.2, 0.25) is 0 Å². The average molecular weight is 425 g/mol. The number of rotatable bonds is 4. The zero-order chi connectivity index (χ0) is 21.3. The number of carbonyl (C=O) groups is 2. The third-order valence-corrected chi connectivity index (χ3v) is 5.61. The largest absolute Gasteiger partial charge is 0.416 e. The molecule has 0 radical (unpaired) electrons. The summed E-state index contributed by atoms with van der Waals surface area (Å²) in [7, 11) is 0. The van der Waals surface area contributed by atoms with E-state index in [-0.39, 0.29) is 16.2 Å². The van der Waals surface area contributed by atoms with Gasteiger partial charge in [-0.1, -0.05) is 60.3 Å². The molecule has 0 saturated carbocycles. The van der Waals surface area contributed by atoms with Crippen LogP contribution in [-0.2, 0) is 15.8 Å². The molecule has 0 saturated heterocycles. The standard InChI is InChI=1S/C23H14F3NO2S/c24-23(25,26)16-11-13-17(14-12-16)27-21(28)19(15-7-3-1-4-8-15)20(22(27)29)30-18-9-5-2-6-10-18/h1-14H. The van der Waals surface area contributed by atoms with Crippen molar-refractivity contribution in [3.63, 3.8) is 0 Å². The summed E-state index contributed by atoms with van der Waals surface area (Å²) in [5, 5.41) is 0. The zero-order valence-corrected chi connectivity index (χ0v) is 16.2. The lowest BCUT2D eigenvalue weighted by Gasteiger charge is -2.16. The van der Waals surface area contributed by atoms with Gasteiger partial charge in [-0.15, -0.1) is 0 Å². The van der Waals surface area contributed by atoms with Gasteiger partial charge in [0.05, 0.1) is 21.7 Å². The Morgan fingerprint density at radius 2 is 1.27 bits per heavy atom. The number of hydrogen-bond donors (Lipinski definition) is 0. The van der Waals surface area contributed by atoms with E-state index in [9.17, 15) is 22.8 Å². The minimum atomic E-state index is -4.50. The molecule has 4 rings (SSSR count). The second-order valence-corrected chi connectivity index (χ2v) is 7.56. The lowest BCUT2D eigenvalue weighted by Crippen LogP contribution is -2.31. The van der Waals surface area contributed by atoms with Crippen LogP contribution in [0.4, 0.5) is 18.9 Å². The minimum absolute atomic E-state index is 0.0927. The van der Waals surface area contributed by atoms with E-state index < -0.39 is 23.6 Å². The lowest BCUT2D eigenvalue weighted by molar-refractivity contribution is -0.137. The topological polar surface area (TPSA) is 37.4 Å². The van der Waals surface area contributed by atoms with Crippen LogP contribution in [0.3, 0.4) is 0 Å². The molecule has 3 aromatic rings. The van der Waals surface area contributed by atoms with E-state index in [0.717, 1.165) is 45.8 Å². The van der Waals surface area contributed by atoms with Crippen molar-refractivity contribution in [2.75, 3.05) is 4.90 Å². The molecule has 0 fully saturated rings. The van der Waals surface area contributed by atoms with Crippen LogP contribution in [0, 0.1) is 0 Å². The van der Waals surface area contributed by atoms with Crippen LogP contribution in [-0.4, -0.2) is 11.8 Å². The van der Waals surface area contributed by atoms with Crippen LogP contribution in [0.1, 0.15) is 11.1 Å². The summed E-state index contributed by atoms with van der Waals surface area (Å²) in [6.07, 6.45) is -4.50. The normalized spacial score (nSPS) is 14.6. The van der Waals surface area contributed by atoms with E-state index in [4.69, 9.17) is 0 Å². The van der Waals surface area contributed by atoms with Gasteiger partial charge < -0.3 is 0 Å². The molecule has 0 atom stereocenters. The number of benzene rings is 3. The molecule has 3 aromatic carbocycles. The molecule has 30 heavy (non-hydrogen) atoms. The Labute approximate surface area is 174 Å². The van der Waals surface area contributed by atoms with Gasteiger partial charge >= 0.3 is 6.18 Å². The molecule has 1 aliphatic rings. The van der Waals surface area contributed by atoms with Crippen LogP contribution >= 0.6 is 11.8 Å². The van der Waals surface area contributed by atoms with Crippen LogP contribution in [0.15, 0.2) is 94.7 Å². The van der Waals surface area contributed by atoms with Gasteiger partial charge in [0.1, 0.15) is 0 Å². The second kappa shape index (κ2) is 7.84. The molecule has 3 nitrogen and oxygen atoms in total. The zero-order valence-electron chi connectivity index (χ0n) is 15.4. The molecule has 1 heterocycles. The Bertz CT molecular complexity index is 1120. The molecule has 0 bridgehead atoms. The van der Waals surface area contributed by atoms with Gasteiger partial charge in [0.15, 0.2) is 0 Å². The first-order valence-electron chi connectivity index (χ1n) is 8.95. The van der Waals surface area contributed by atoms with Crippen molar-refractivity contribution >= 4 is 34.8 Å². The summed E-state index contributed by atoms with van der Waals surface area (Å²) < 4.78 is 38.6. The van der Waals surface area contributed by atoms with Crippen LogP contribution in [0.5, 0.6) is 0 Å². The Balaban J connectivity index is 1.76. The molecule has 1 aliphatic heterocycles. The Morgan fingerprint density at radius 1 is 0.700 bits per heavy atom. The molecule has 7 heteroatoms. The van der Waals surface area contributed by atoms with Crippen molar-refractivity contribution in [1.82, 2.24) is 0 Å². The summed E-state index contributed by atoms with van der Waals surface area (Å²) in [6.45, 7) is 0. The fourth-order valence-corrected chi connectivity index (χ4v) is 4.12. The number of carbonyl (C=O) groups excluding carboxylic acids is 2. The summed E-state index contributed by atoms with van der Waals surface area (Å²) in [4.78, 5) is 28.3. The number of nitrogens with zero attached hydrogens (tertiary/aromatic N) is 1. The van der Waals surface area contributed by atoms with Gasteiger partial charge in [0.25, 0.3) is 11.8 Å². The van der Waals surface area contributed by atoms with E-state index in [1.165, 1.54) is 0 Å². The summed E-state index contributed by atoms with van der Waals surface area (Å²) in [5.41, 5.74) is 0.0496. The third kappa shape index (κ3) is 3.76. The van der Waals surface area contributed by atoms with E-state index in [1.54, 1.807) is 30.3 Å². The number of imide groups is 1. The van der Waals surface area contributed by atoms with E-state index in [0.29, 0.717) is 5.56 Å². The lowest BCUT2D eigenvalue weighted by atomic mass is 10.1. The highest BCUT2D eigenvalue weighted by Crippen LogP contribution is 2.41. The van der Waals surface area contributed by atoms with Gasteiger partial charge in [0, 0.05) is 4.90 Å². The number of hydrogen-bond acceptors (Lipinski definition) is 3. The molecular formula is C23H14F3NO2S.